The molecule has 0 radical (unpaired) electrons. The predicted molar refractivity (Wildman–Crippen MR) is 92.3 cm³/mol. The Morgan fingerprint density at radius 2 is 1.65 bits per heavy atom. The Morgan fingerprint density at radius 3 is 2.13 bits per heavy atom. The fourth-order valence-corrected chi connectivity index (χ4v) is 2.16. The Morgan fingerprint density at radius 1 is 1.04 bits per heavy atom. The second-order valence-electron chi connectivity index (χ2n) is 7.64. The van der Waals surface area contributed by atoms with Crippen LogP contribution in [0.2, 0.25) is 0 Å². The van der Waals surface area contributed by atoms with Crippen molar-refractivity contribution < 1.29 is 19.1 Å². The summed E-state index contributed by atoms with van der Waals surface area (Å²) in [6.07, 6.45) is 3.72. The summed E-state index contributed by atoms with van der Waals surface area (Å²) in [6, 6.07) is -0.617. The Balaban J connectivity index is 4.51. The average Bonchev–Trinajstić information content (AvgIpc) is 2.43. The van der Waals surface area contributed by atoms with Gasteiger partial charge in [0, 0.05) is 7.05 Å². The number of likely N-dealkylation sites (N-methyl/N-ethyl adjacent to an activating group) is 1. The number of carbonyl (C=O) groups is 2. The Hall–Kier alpha value is -1.26. The van der Waals surface area contributed by atoms with E-state index in [1.54, 1.807) is 7.05 Å². The zero-order valence-electron chi connectivity index (χ0n) is 16.0. The number of ether oxygens (including phenoxy) is 2. The van der Waals surface area contributed by atoms with E-state index in [1.807, 2.05) is 34.6 Å². The fraction of sp³-hybridized carbons (Fsp3) is 0.889. The number of esters is 1. The first-order valence-corrected chi connectivity index (χ1v) is 8.66. The molecule has 0 saturated heterocycles. The minimum Gasteiger partial charge on any atom is -0.464 e. The molecule has 0 bridgehead atoms. The van der Waals surface area contributed by atoms with Crippen molar-refractivity contribution in [2.45, 2.75) is 73.3 Å². The van der Waals surface area contributed by atoms with Crippen molar-refractivity contribution in [2.75, 3.05) is 20.3 Å². The highest BCUT2D eigenvalue weighted by atomic mass is 16.6. The molecule has 1 atom stereocenters. The van der Waals surface area contributed by atoms with Crippen LogP contribution in [0.3, 0.4) is 0 Å². The molecule has 23 heavy (non-hydrogen) atoms. The van der Waals surface area contributed by atoms with Gasteiger partial charge in [-0.15, -0.1) is 0 Å². The SMILES string of the molecule is CCCCCCOC(=O)C(C(C)C)N(C)C(=O)OCC(C)(C)C. The van der Waals surface area contributed by atoms with Gasteiger partial charge in [-0.2, -0.15) is 0 Å². The van der Waals surface area contributed by atoms with Gasteiger partial charge in [0.1, 0.15) is 6.04 Å². The molecule has 0 saturated carbocycles. The van der Waals surface area contributed by atoms with Crippen LogP contribution in [-0.4, -0.2) is 43.3 Å². The highest BCUT2D eigenvalue weighted by Crippen LogP contribution is 2.16. The van der Waals surface area contributed by atoms with E-state index in [4.69, 9.17) is 9.47 Å². The number of nitrogens with zero attached hydrogens (tertiary/aromatic N) is 1. The number of unbranched alkanes of at least 4 members (excludes halogenated alkanes) is 3. The lowest BCUT2D eigenvalue weighted by Gasteiger charge is -2.29. The smallest absolute Gasteiger partial charge is 0.410 e. The summed E-state index contributed by atoms with van der Waals surface area (Å²) in [4.78, 5) is 25.8. The van der Waals surface area contributed by atoms with E-state index in [0.29, 0.717) is 13.2 Å². The van der Waals surface area contributed by atoms with Crippen LogP contribution in [-0.2, 0) is 14.3 Å². The topological polar surface area (TPSA) is 55.8 Å². The number of carbonyl (C=O) groups excluding carboxylic acids is 2. The van der Waals surface area contributed by atoms with Crippen molar-refractivity contribution in [3.05, 3.63) is 0 Å². The summed E-state index contributed by atoms with van der Waals surface area (Å²) in [7, 11) is 1.59. The van der Waals surface area contributed by atoms with E-state index in [1.165, 1.54) is 4.90 Å². The van der Waals surface area contributed by atoms with Crippen LogP contribution in [0, 0.1) is 11.3 Å². The molecule has 0 fully saturated rings. The second kappa shape index (κ2) is 10.5. The Kier molecular flexibility index (Phi) is 9.93. The lowest BCUT2D eigenvalue weighted by Crippen LogP contribution is -2.47. The summed E-state index contributed by atoms with van der Waals surface area (Å²) >= 11 is 0. The van der Waals surface area contributed by atoms with Crippen molar-refractivity contribution in [1.82, 2.24) is 4.90 Å². The van der Waals surface area contributed by atoms with Gasteiger partial charge in [-0.05, 0) is 17.8 Å². The lowest BCUT2D eigenvalue weighted by molar-refractivity contribution is -0.150. The maximum Gasteiger partial charge on any atom is 0.410 e. The molecule has 1 amide bonds. The third kappa shape index (κ3) is 9.47. The average molecular weight is 329 g/mol. The molecule has 136 valence electrons. The van der Waals surface area contributed by atoms with Crippen LogP contribution in [0.5, 0.6) is 0 Å². The summed E-state index contributed by atoms with van der Waals surface area (Å²) in [5, 5.41) is 0. The van der Waals surface area contributed by atoms with Gasteiger partial charge in [0.05, 0.1) is 13.2 Å². The summed E-state index contributed by atoms with van der Waals surface area (Å²) in [6.45, 7) is 12.6. The third-order valence-electron chi connectivity index (χ3n) is 3.45. The summed E-state index contributed by atoms with van der Waals surface area (Å²) in [5.74, 6) is -0.392. The maximum absolute atomic E-state index is 12.3. The highest BCUT2D eigenvalue weighted by Gasteiger charge is 2.32. The molecule has 0 heterocycles. The van der Waals surface area contributed by atoms with Gasteiger partial charge in [-0.1, -0.05) is 60.8 Å². The van der Waals surface area contributed by atoms with Gasteiger partial charge in [0.2, 0.25) is 0 Å². The van der Waals surface area contributed by atoms with Gasteiger partial charge < -0.3 is 9.47 Å². The molecule has 5 nitrogen and oxygen atoms in total. The lowest BCUT2D eigenvalue weighted by atomic mass is 9.99. The quantitative estimate of drug-likeness (QED) is 0.469. The van der Waals surface area contributed by atoms with E-state index in [2.05, 4.69) is 6.92 Å². The highest BCUT2D eigenvalue weighted by molar-refractivity contribution is 5.81. The molecule has 0 N–H and O–H groups in total. The van der Waals surface area contributed by atoms with Gasteiger partial charge in [-0.3, -0.25) is 4.90 Å². The Bertz CT molecular complexity index is 361. The molecule has 0 aliphatic carbocycles. The third-order valence-corrected chi connectivity index (χ3v) is 3.45. The number of hydrogen-bond donors (Lipinski definition) is 0. The van der Waals surface area contributed by atoms with Crippen LogP contribution in [0.25, 0.3) is 0 Å². The summed E-state index contributed by atoms with van der Waals surface area (Å²) < 4.78 is 10.6. The monoisotopic (exact) mass is 329 g/mol. The van der Waals surface area contributed by atoms with E-state index >= 15 is 0 Å². The molecule has 1 unspecified atom stereocenters. The largest absolute Gasteiger partial charge is 0.464 e. The molecule has 0 rings (SSSR count). The molecule has 0 aromatic rings. The standard InChI is InChI=1S/C18H35NO4/c1-8-9-10-11-12-22-16(20)15(14(2)3)19(7)17(21)23-13-18(4,5)6/h14-15H,8-13H2,1-7H3. The molecule has 0 aliphatic heterocycles. The van der Waals surface area contributed by atoms with Crippen molar-refractivity contribution in [3.63, 3.8) is 0 Å². The molecular formula is C18H35NO4. The molecule has 5 heteroatoms. The van der Waals surface area contributed by atoms with Gasteiger partial charge in [0.25, 0.3) is 0 Å². The van der Waals surface area contributed by atoms with Crippen LogP contribution in [0.15, 0.2) is 0 Å². The maximum atomic E-state index is 12.3. The molecule has 0 spiro atoms. The van der Waals surface area contributed by atoms with Gasteiger partial charge >= 0.3 is 12.1 Å². The van der Waals surface area contributed by atoms with Crippen LogP contribution in [0.1, 0.15) is 67.2 Å². The van der Waals surface area contributed by atoms with Crippen molar-refractivity contribution in [2.24, 2.45) is 11.3 Å². The predicted octanol–water partition coefficient (Wildman–Crippen LogP) is 4.25. The van der Waals surface area contributed by atoms with E-state index in [9.17, 15) is 9.59 Å². The minimum atomic E-state index is -0.617. The summed E-state index contributed by atoms with van der Waals surface area (Å²) in [5.41, 5.74) is -0.108. The fourth-order valence-electron chi connectivity index (χ4n) is 2.16. The van der Waals surface area contributed by atoms with Gasteiger partial charge in [0.15, 0.2) is 0 Å². The van der Waals surface area contributed by atoms with Crippen molar-refractivity contribution >= 4 is 12.1 Å². The number of amides is 1. The van der Waals surface area contributed by atoms with E-state index < -0.39 is 12.1 Å². The van der Waals surface area contributed by atoms with Crippen molar-refractivity contribution in [3.8, 4) is 0 Å². The normalized spacial score (nSPS) is 12.9. The van der Waals surface area contributed by atoms with Crippen LogP contribution >= 0.6 is 0 Å². The molecule has 0 aromatic heterocycles. The molecule has 0 aliphatic rings. The van der Waals surface area contributed by atoms with Gasteiger partial charge in [-0.25, -0.2) is 9.59 Å². The van der Waals surface area contributed by atoms with E-state index in [-0.39, 0.29) is 17.3 Å². The van der Waals surface area contributed by atoms with Crippen molar-refractivity contribution in [1.29, 1.82) is 0 Å². The second-order valence-corrected chi connectivity index (χ2v) is 7.64. The first-order valence-electron chi connectivity index (χ1n) is 8.66. The Labute approximate surface area is 141 Å². The number of hydrogen-bond acceptors (Lipinski definition) is 4. The zero-order chi connectivity index (χ0) is 18.0. The first kappa shape index (κ1) is 21.7. The first-order chi connectivity index (χ1) is 10.6. The zero-order valence-corrected chi connectivity index (χ0v) is 16.0. The minimum absolute atomic E-state index is 0.0367. The molecular weight excluding hydrogens is 294 g/mol. The van der Waals surface area contributed by atoms with Crippen LogP contribution < -0.4 is 0 Å². The molecule has 0 aromatic carbocycles. The van der Waals surface area contributed by atoms with E-state index in [0.717, 1.165) is 25.7 Å². The van der Waals surface area contributed by atoms with Crippen LogP contribution in [0.4, 0.5) is 4.79 Å². The number of rotatable bonds is 9.